The van der Waals surface area contributed by atoms with Crippen LogP contribution in [0.25, 0.3) is 85.6 Å². The summed E-state index contributed by atoms with van der Waals surface area (Å²) in [6.07, 6.45) is 2.32. The summed E-state index contributed by atoms with van der Waals surface area (Å²) < 4.78 is 7.54. The number of hydrogen-bond acceptors (Lipinski definition) is 1. The van der Waals surface area contributed by atoms with Gasteiger partial charge >= 0.3 is 0 Å². The molecule has 0 bridgehead atoms. The van der Waals surface area contributed by atoms with Crippen molar-refractivity contribution in [3.63, 3.8) is 0 Å². The highest BCUT2D eigenvalue weighted by atomic mass is 32.1. The number of para-hydroxylation sites is 2. The van der Waals surface area contributed by atoms with Gasteiger partial charge in [0.05, 0.1) is 22.1 Å². The maximum absolute atomic E-state index is 2.45. The summed E-state index contributed by atoms with van der Waals surface area (Å²) in [4.78, 5) is 0. The molecule has 0 radical (unpaired) electrons. The Hall–Kier alpha value is -5.12. The van der Waals surface area contributed by atoms with Crippen molar-refractivity contribution in [3.05, 3.63) is 134 Å². The van der Waals surface area contributed by atoms with Crippen LogP contribution in [0.1, 0.15) is 0 Å². The molecule has 0 aliphatic rings. The van der Waals surface area contributed by atoms with Crippen molar-refractivity contribution in [2.24, 2.45) is 0 Å². The number of rotatable bonds is 1. The molecule has 0 atom stereocenters. The summed E-state index contributed by atoms with van der Waals surface area (Å²) in [6.45, 7) is 0. The number of thiophene rings is 1. The third-order valence-electron chi connectivity index (χ3n) is 8.86. The minimum absolute atomic E-state index is 1.18. The first-order valence-corrected chi connectivity index (χ1v) is 14.8. The lowest BCUT2D eigenvalue weighted by Gasteiger charge is -2.13. The van der Waals surface area contributed by atoms with Crippen molar-refractivity contribution in [1.29, 1.82) is 0 Å². The fourth-order valence-corrected chi connectivity index (χ4v) is 8.29. The molecule has 10 rings (SSSR count). The molecule has 4 heterocycles. The molecule has 10 aromatic rings. The number of hydrogen-bond donors (Lipinski definition) is 0. The van der Waals surface area contributed by atoms with Crippen LogP contribution in [0, 0.1) is 0 Å². The summed E-state index contributed by atoms with van der Waals surface area (Å²) in [7, 11) is 0. The molecule has 2 nitrogen and oxygen atoms in total. The molecule has 0 aliphatic carbocycles. The van der Waals surface area contributed by atoms with Crippen LogP contribution in [0.4, 0.5) is 0 Å². The van der Waals surface area contributed by atoms with Gasteiger partial charge in [-0.3, -0.25) is 0 Å². The SMILES string of the molecule is c1ccc(-n2c3ccccc3c3cc4c(cc32)c2c(ccc3sc5ccccc5c32)c2c3ccccc3cn42)cc1. The Bertz CT molecular complexity index is 2690. The Morgan fingerprint density at radius 2 is 1.17 bits per heavy atom. The van der Waals surface area contributed by atoms with E-state index in [0.29, 0.717) is 0 Å². The van der Waals surface area contributed by atoms with Crippen molar-refractivity contribution in [2.45, 2.75) is 0 Å². The normalized spacial score (nSPS) is 12.4. The van der Waals surface area contributed by atoms with Crippen LogP contribution in [0.5, 0.6) is 0 Å². The van der Waals surface area contributed by atoms with E-state index < -0.39 is 0 Å². The molecule has 4 aromatic heterocycles. The van der Waals surface area contributed by atoms with Crippen LogP contribution in [0.15, 0.2) is 134 Å². The van der Waals surface area contributed by atoms with Crippen LogP contribution >= 0.6 is 11.3 Å². The minimum Gasteiger partial charge on any atom is -0.315 e. The van der Waals surface area contributed by atoms with E-state index in [2.05, 4.69) is 143 Å². The maximum Gasteiger partial charge on any atom is 0.0613 e. The highest BCUT2D eigenvalue weighted by molar-refractivity contribution is 7.26. The molecule has 41 heavy (non-hydrogen) atoms. The van der Waals surface area contributed by atoms with Crippen molar-refractivity contribution in [3.8, 4) is 5.69 Å². The van der Waals surface area contributed by atoms with Gasteiger partial charge in [0.25, 0.3) is 0 Å². The van der Waals surface area contributed by atoms with Crippen LogP contribution in [-0.4, -0.2) is 8.97 Å². The van der Waals surface area contributed by atoms with Crippen LogP contribution < -0.4 is 0 Å². The third kappa shape index (κ3) is 2.76. The van der Waals surface area contributed by atoms with Gasteiger partial charge in [-0.15, -0.1) is 11.3 Å². The lowest BCUT2D eigenvalue weighted by atomic mass is 9.97. The topological polar surface area (TPSA) is 9.34 Å². The standard InChI is InChI=1S/C38H22N2S/c1-2-11-24(12-3-1)40-31-16-8-6-14-26(31)29-20-32-30(21-33(29)40)36-28(38-25-13-5-4-10-23(25)22-39(32)38)18-19-35-37(36)27-15-7-9-17-34(27)41-35/h1-22H. The van der Waals surface area contributed by atoms with Crippen molar-refractivity contribution in [1.82, 2.24) is 8.97 Å². The van der Waals surface area contributed by atoms with Crippen LogP contribution in [-0.2, 0) is 0 Å². The van der Waals surface area contributed by atoms with Crippen molar-refractivity contribution >= 4 is 91.3 Å². The Balaban J connectivity index is 1.54. The number of nitrogens with zero attached hydrogens (tertiary/aromatic N) is 2. The van der Waals surface area contributed by atoms with Gasteiger partial charge in [0.2, 0.25) is 0 Å². The zero-order valence-corrected chi connectivity index (χ0v) is 22.8. The Kier molecular flexibility index (Phi) is 4.10. The summed E-state index contributed by atoms with van der Waals surface area (Å²) in [5.74, 6) is 0. The molecule has 0 amide bonds. The van der Waals surface area contributed by atoms with Gasteiger partial charge in [-0.25, -0.2) is 0 Å². The molecule has 0 saturated carbocycles. The molecule has 6 aromatic carbocycles. The predicted molar refractivity (Wildman–Crippen MR) is 177 cm³/mol. The van der Waals surface area contributed by atoms with Crippen LogP contribution in [0.2, 0.25) is 0 Å². The molecule has 0 N–H and O–H groups in total. The van der Waals surface area contributed by atoms with E-state index in [9.17, 15) is 0 Å². The van der Waals surface area contributed by atoms with E-state index in [1.54, 1.807) is 0 Å². The van der Waals surface area contributed by atoms with E-state index in [1.807, 2.05) is 11.3 Å². The number of aromatic nitrogens is 2. The first-order valence-electron chi connectivity index (χ1n) is 14.0. The molecule has 0 aliphatic heterocycles. The highest BCUT2D eigenvalue weighted by Crippen LogP contribution is 2.45. The second-order valence-electron chi connectivity index (χ2n) is 11.0. The molecule has 190 valence electrons. The van der Waals surface area contributed by atoms with Crippen molar-refractivity contribution < 1.29 is 0 Å². The summed E-state index contributed by atoms with van der Waals surface area (Å²) in [5.41, 5.74) is 6.18. The third-order valence-corrected chi connectivity index (χ3v) is 9.99. The van der Waals surface area contributed by atoms with Gasteiger partial charge in [0.15, 0.2) is 0 Å². The smallest absolute Gasteiger partial charge is 0.0613 e. The van der Waals surface area contributed by atoms with Crippen LogP contribution in [0.3, 0.4) is 0 Å². The fraction of sp³-hybridized carbons (Fsp3) is 0. The van der Waals surface area contributed by atoms with Gasteiger partial charge in [0.1, 0.15) is 0 Å². The zero-order chi connectivity index (χ0) is 26.7. The second kappa shape index (κ2) is 7.75. The monoisotopic (exact) mass is 538 g/mol. The first kappa shape index (κ1) is 21.7. The van der Waals surface area contributed by atoms with Gasteiger partial charge in [0, 0.05) is 69.8 Å². The molecular formula is C38H22N2S. The molecule has 0 unspecified atom stereocenters. The summed E-state index contributed by atoms with van der Waals surface area (Å²) >= 11 is 1.89. The lowest BCUT2D eigenvalue weighted by Crippen LogP contribution is -1.94. The fourth-order valence-electron chi connectivity index (χ4n) is 7.18. The maximum atomic E-state index is 2.45. The average Bonchev–Trinajstić information content (AvgIpc) is 3.70. The number of fused-ring (bicyclic) bond motifs is 15. The highest BCUT2D eigenvalue weighted by Gasteiger charge is 2.20. The summed E-state index contributed by atoms with van der Waals surface area (Å²) in [6, 6.07) is 46.8. The minimum atomic E-state index is 1.18. The van der Waals surface area contributed by atoms with E-state index in [1.165, 1.54) is 85.6 Å². The first-order chi connectivity index (χ1) is 20.3. The second-order valence-corrected chi connectivity index (χ2v) is 12.1. The number of pyridine rings is 1. The zero-order valence-electron chi connectivity index (χ0n) is 22.0. The Morgan fingerprint density at radius 1 is 0.439 bits per heavy atom. The largest absolute Gasteiger partial charge is 0.315 e. The van der Waals surface area contributed by atoms with Gasteiger partial charge in [-0.05, 0) is 42.5 Å². The van der Waals surface area contributed by atoms with E-state index >= 15 is 0 Å². The molecule has 0 spiro atoms. The van der Waals surface area contributed by atoms with E-state index in [0.717, 1.165) is 0 Å². The predicted octanol–water partition coefficient (Wildman–Crippen LogP) is 10.9. The quantitative estimate of drug-likeness (QED) is 0.184. The van der Waals surface area contributed by atoms with Crippen molar-refractivity contribution in [2.75, 3.05) is 0 Å². The molecule has 3 heteroatoms. The molecule has 0 saturated heterocycles. The van der Waals surface area contributed by atoms with E-state index in [-0.39, 0.29) is 0 Å². The average molecular weight is 539 g/mol. The summed E-state index contributed by atoms with van der Waals surface area (Å²) in [5, 5.41) is 11.7. The van der Waals surface area contributed by atoms with Gasteiger partial charge < -0.3 is 8.97 Å². The van der Waals surface area contributed by atoms with E-state index in [4.69, 9.17) is 0 Å². The Morgan fingerprint density at radius 3 is 2.07 bits per heavy atom. The molecule has 0 fully saturated rings. The van der Waals surface area contributed by atoms with Gasteiger partial charge in [-0.1, -0.05) is 84.9 Å². The molecular weight excluding hydrogens is 516 g/mol. The van der Waals surface area contributed by atoms with Gasteiger partial charge in [-0.2, -0.15) is 0 Å². The number of benzene rings is 6. The lowest BCUT2D eigenvalue weighted by molar-refractivity contribution is 1.18. The Labute approximate surface area is 238 Å².